The zero-order chi connectivity index (χ0) is 25.7. The maximum Gasteiger partial charge on any atom is 0.254 e. The SMILES string of the molecule is O=C(c1ccc(Cl)c(Cl)c1)N(CC(=O)N1c2ccccc2-n2cccc2[C@@H]1c1ccc(F)cc1)C1CC1. The number of para-hydroxylation sites is 2. The maximum absolute atomic E-state index is 14.1. The number of hydrogen-bond donors (Lipinski definition) is 0. The standard InChI is InChI=1S/C29H22Cl2FN3O2/c30-22-14-9-19(16-23(22)31)29(37)34(21-12-13-21)17-27(36)35-25-5-2-1-4-24(25)33-15-3-6-26(33)28(35)18-7-10-20(32)11-8-18/h1-11,14-16,21,28H,12-13,17H2/t28-/m0/s1. The van der Waals surface area contributed by atoms with E-state index in [0.29, 0.717) is 10.6 Å². The minimum absolute atomic E-state index is 0.0147. The van der Waals surface area contributed by atoms with Crippen molar-refractivity contribution in [2.24, 2.45) is 0 Å². The van der Waals surface area contributed by atoms with Crippen LogP contribution in [0.15, 0.2) is 85.1 Å². The lowest BCUT2D eigenvalue weighted by Gasteiger charge is -2.39. The first-order valence-electron chi connectivity index (χ1n) is 12.0. The van der Waals surface area contributed by atoms with E-state index in [1.165, 1.54) is 18.2 Å². The lowest BCUT2D eigenvalue weighted by molar-refractivity contribution is -0.119. The van der Waals surface area contributed by atoms with Crippen LogP contribution in [-0.2, 0) is 4.79 Å². The van der Waals surface area contributed by atoms with Gasteiger partial charge in [0.05, 0.1) is 27.1 Å². The van der Waals surface area contributed by atoms with Gasteiger partial charge in [-0.25, -0.2) is 4.39 Å². The molecule has 1 fully saturated rings. The number of aromatic nitrogens is 1. The Hall–Kier alpha value is -3.61. The Bertz CT molecular complexity index is 1510. The number of anilines is 1. The van der Waals surface area contributed by atoms with E-state index in [2.05, 4.69) is 0 Å². The molecule has 2 aliphatic rings. The van der Waals surface area contributed by atoms with Gasteiger partial charge in [0.2, 0.25) is 5.91 Å². The molecule has 0 radical (unpaired) electrons. The third kappa shape index (κ3) is 4.30. The predicted molar refractivity (Wildman–Crippen MR) is 142 cm³/mol. The molecule has 6 rings (SSSR count). The summed E-state index contributed by atoms with van der Waals surface area (Å²) in [4.78, 5) is 31.0. The van der Waals surface area contributed by atoms with Crippen LogP contribution in [0.5, 0.6) is 0 Å². The molecule has 1 saturated carbocycles. The highest BCUT2D eigenvalue weighted by Gasteiger charge is 2.40. The molecule has 0 unspecified atom stereocenters. The van der Waals surface area contributed by atoms with Crippen LogP contribution in [0, 0.1) is 5.82 Å². The van der Waals surface area contributed by atoms with Gasteiger partial charge in [-0.2, -0.15) is 0 Å². The second kappa shape index (κ2) is 9.36. The zero-order valence-electron chi connectivity index (χ0n) is 19.7. The van der Waals surface area contributed by atoms with Crippen molar-refractivity contribution >= 4 is 40.7 Å². The summed E-state index contributed by atoms with van der Waals surface area (Å²) < 4.78 is 15.9. The molecule has 1 aliphatic heterocycles. The molecule has 0 N–H and O–H groups in total. The molecule has 4 aromatic rings. The minimum Gasteiger partial charge on any atom is -0.326 e. The van der Waals surface area contributed by atoms with E-state index >= 15 is 0 Å². The van der Waals surface area contributed by atoms with Gasteiger partial charge in [-0.05, 0) is 73.0 Å². The number of fused-ring (bicyclic) bond motifs is 3. The van der Waals surface area contributed by atoms with Crippen LogP contribution >= 0.6 is 23.2 Å². The van der Waals surface area contributed by atoms with Crippen LogP contribution < -0.4 is 4.90 Å². The Morgan fingerprint density at radius 2 is 1.62 bits per heavy atom. The smallest absolute Gasteiger partial charge is 0.254 e. The number of rotatable bonds is 5. The van der Waals surface area contributed by atoms with E-state index < -0.39 is 6.04 Å². The highest BCUT2D eigenvalue weighted by Crippen LogP contribution is 2.42. The van der Waals surface area contributed by atoms with Crippen LogP contribution in [0.1, 0.15) is 40.5 Å². The van der Waals surface area contributed by atoms with Crippen molar-refractivity contribution in [1.82, 2.24) is 9.47 Å². The number of carbonyl (C=O) groups is 2. The molecule has 5 nitrogen and oxygen atoms in total. The largest absolute Gasteiger partial charge is 0.326 e. The van der Waals surface area contributed by atoms with E-state index in [1.54, 1.807) is 34.1 Å². The molecule has 8 heteroatoms. The van der Waals surface area contributed by atoms with Gasteiger partial charge in [-0.3, -0.25) is 14.5 Å². The third-order valence-electron chi connectivity index (χ3n) is 6.89. The van der Waals surface area contributed by atoms with Crippen molar-refractivity contribution in [3.63, 3.8) is 0 Å². The fraction of sp³-hybridized carbons (Fsp3) is 0.172. The molecule has 1 aliphatic carbocycles. The summed E-state index contributed by atoms with van der Waals surface area (Å²) in [7, 11) is 0. The highest BCUT2D eigenvalue weighted by atomic mass is 35.5. The predicted octanol–water partition coefficient (Wildman–Crippen LogP) is 6.66. The first-order valence-corrected chi connectivity index (χ1v) is 12.8. The molecule has 0 bridgehead atoms. The third-order valence-corrected chi connectivity index (χ3v) is 7.63. The molecular formula is C29H22Cl2FN3O2. The molecule has 186 valence electrons. The lowest BCUT2D eigenvalue weighted by atomic mass is 9.97. The Balaban J connectivity index is 1.40. The van der Waals surface area contributed by atoms with Gasteiger partial charge >= 0.3 is 0 Å². The van der Waals surface area contributed by atoms with Gasteiger partial charge in [-0.15, -0.1) is 0 Å². The van der Waals surface area contributed by atoms with E-state index in [-0.39, 0.29) is 35.2 Å². The van der Waals surface area contributed by atoms with Gasteiger partial charge < -0.3 is 9.47 Å². The summed E-state index contributed by atoms with van der Waals surface area (Å²) in [5.74, 6) is -0.837. The fourth-order valence-corrected chi connectivity index (χ4v) is 5.29. The first-order chi connectivity index (χ1) is 17.9. The summed E-state index contributed by atoms with van der Waals surface area (Å²) in [5, 5.41) is 0.652. The topological polar surface area (TPSA) is 45.6 Å². The molecule has 0 saturated heterocycles. The lowest BCUT2D eigenvalue weighted by Crippen LogP contribution is -2.47. The second-order valence-electron chi connectivity index (χ2n) is 9.30. The quantitative estimate of drug-likeness (QED) is 0.287. The molecule has 2 heterocycles. The molecule has 1 atom stereocenters. The Labute approximate surface area is 223 Å². The van der Waals surface area contributed by atoms with Crippen LogP contribution in [-0.4, -0.2) is 33.9 Å². The number of hydrogen-bond acceptors (Lipinski definition) is 2. The Kier molecular flexibility index (Phi) is 6.01. The van der Waals surface area contributed by atoms with Crippen molar-refractivity contribution < 1.29 is 14.0 Å². The van der Waals surface area contributed by atoms with E-state index in [0.717, 1.165) is 35.5 Å². The monoisotopic (exact) mass is 533 g/mol. The summed E-state index contributed by atoms with van der Waals surface area (Å²) in [6.45, 7) is -0.101. The molecule has 3 aromatic carbocycles. The van der Waals surface area contributed by atoms with Gasteiger partial charge in [0.15, 0.2) is 0 Å². The van der Waals surface area contributed by atoms with E-state index in [4.69, 9.17) is 23.2 Å². The average molecular weight is 534 g/mol. The number of nitrogens with zero attached hydrogens (tertiary/aromatic N) is 3. The van der Waals surface area contributed by atoms with Crippen molar-refractivity contribution in [2.75, 3.05) is 11.4 Å². The van der Waals surface area contributed by atoms with Crippen molar-refractivity contribution in [3.8, 4) is 5.69 Å². The minimum atomic E-state index is -0.487. The average Bonchev–Trinajstić information content (AvgIpc) is 3.63. The first kappa shape index (κ1) is 23.8. The van der Waals surface area contributed by atoms with E-state index in [9.17, 15) is 14.0 Å². The summed E-state index contributed by atoms with van der Waals surface area (Å²) in [6, 6.07) is 22.0. The summed E-state index contributed by atoms with van der Waals surface area (Å²) in [6.07, 6.45) is 3.62. The summed E-state index contributed by atoms with van der Waals surface area (Å²) in [5.41, 5.74) is 3.63. The second-order valence-corrected chi connectivity index (χ2v) is 10.1. The zero-order valence-corrected chi connectivity index (χ0v) is 21.2. The summed E-state index contributed by atoms with van der Waals surface area (Å²) >= 11 is 12.2. The number of halogens is 3. The van der Waals surface area contributed by atoms with Crippen LogP contribution in [0.4, 0.5) is 10.1 Å². The van der Waals surface area contributed by atoms with Gasteiger partial charge in [0, 0.05) is 17.8 Å². The van der Waals surface area contributed by atoms with Crippen molar-refractivity contribution in [3.05, 3.63) is 118 Å². The van der Waals surface area contributed by atoms with Gasteiger partial charge in [0.25, 0.3) is 5.91 Å². The highest BCUT2D eigenvalue weighted by molar-refractivity contribution is 6.42. The van der Waals surface area contributed by atoms with Crippen LogP contribution in [0.25, 0.3) is 5.69 Å². The molecule has 2 amide bonds. The molecule has 37 heavy (non-hydrogen) atoms. The van der Waals surface area contributed by atoms with Crippen LogP contribution in [0.2, 0.25) is 10.0 Å². The Morgan fingerprint density at radius 1 is 0.892 bits per heavy atom. The number of carbonyl (C=O) groups excluding carboxylic acids is 2. The molecule has 1 aromatic heterocycles. The van der Waals surface area contributed by atoms with Gasteiger partial charge in [0.1, 0.15) is 18.4 Å². The molecular weight excluding hydrogens is 512 g/mol. The maximum atomic E-state index is 14.1. The van der Waals surface area contributed by atoms with Crippen LogP contribution in [0.3, 0.4) is 0 Å². The van der Waals surface area contributed by atoms with Crippen molar-refractivity contribution in [1.29, 1.82) is 0 Å². The number of amides is 2. The van der Waals surface area contributed by atoms with Gasteiger partial charge in [-0.1, -0.05) is 47.5 Å². The molecule has 0 spiro atoms. The van der Waals surface area contributed by atoms with E-state index in [1.807, 2.05) is 47.2 Å². The number of benzene rings is 3. The Morgan fingerprint density at radius 3 is 2.32 bits per heavy atom. The normalized spacial score (nSPS) is 16.2. The van der Waals surface area contributed by atoms with Crippen molar-refractivity contribution in [2.45, 2.75) is 24.9 Å². The fourth-order valence-electron chi connectivity index (χ4n) is 4.99.